The zero-order valence-electron chi connectivity index (χ0n) is 11.1. The second-order valence-electron chi connectivity index (χ2n) is 4.09. The lowest BCUT2D eigenvalue weighted by Gasteiger charge is -2.15. The monoisotopic (exact) mass is 265 g/mol. The minimum Gasteiger partial charge on any atom is -0.309 e. The van der Waals surface area contributed by atoms with Crippen LogP contribution in [0.4, 0.5) is 0 Å². The minimum absolute atomic E-state index is 0.274. The Hall–Kier alpha value is -1.27. The quantitative estimate of drug-likeness (QED) is 0.867. The number of nitrogens with one attached hydrogen (secondary N) is 1. The fourth-order valence-corrected chi connectivity index (χ4v) is 2.81. The summed E-state index contributed by atoms with van der Waals surface area (Å²) in [4.78, 5) is 9.93. The second-order valence-corrected chi connectivity index (χ2v) is 5.35. The van der Waals surface area contributed by atoms with E-state index >= 15 is 0 Å². The number of aryl methyl sites for hydroxylation is 2. The summed E-state index contributed by atoms with van der Waals surface area (Å²) in [7, 11) is 0. The summed E-state index contributed by atoms with van der Waals surface area (Å²) in [6, 6.07) is 0.274. The number of thiazole rings is 1. The molecular weight excluding hydrogens is 246 g/mol. The summed E-state index contributed by atoms with van der Waals surface area (Å²) in [6.07, 6.45) is 4.43. The average molecular weight is 265 g/mol. The molecule has 0 aliphatic heterocycles. The van der Waals surface area contributed by atoms with Crippen LogP contribution < -0.4 is 5.32 Å². The summed E-state index contributed by atoms with van der Waals surface area (Å²) in [5.74, 6) is 1.02. The highest BCUT2D eigenvalue weighted by molar-refractivity contribution is 7.11. The Bertz CT molecular complexity index is 490. The summed E-state index contributed by atoms with van der Waals surface area (Å²) in [5.41, 5.74) is 0. The van der Waals surface area contributed by atoms with E-state index in [2.05, 4.69) is 34.2 Å². The highest BCUT2D eigenvalue weighted by Gasteiger charge is 2.16. The second kappa shape index (κ2) is 6.06. The van der Waals surface area contributed by atoms with E-state index in [0.29, 0.717) is 0 Å². The molecule has 0 aromatic carbocycles. The van der Waals surface area contributed by atoms with Gasteiger partial charge in [-0.05, 0) is 20.4 Å². The van der Waals surface area contributed by atoms with Crippen LogP contribution in [-0.4, -0.2) is 26.3 Å². The third-order valence-corrected chi connectivity index (χ3v) is 3.84. The maximum atomic E-state index is 4.34. The normalized spacial score (nSPS) is 12.8. The van der Waals surface area contributed by atoms with E-state index in [4.69, 9.17) is 0 Å². The number of likely N-dealkylation sites (N-methyl/N-ethyl adjacent to an activating group) is 1. The van der Waals surface area contributed by atoms with Crippen LogP contribution in [0, 0.1) is 6.92 Å². The first kappa shape index (κ1) is 13.2. The van der Waals surface area contributed by atoms with E-state index in [1.54, 1.807) is 17.7 Å². The summed E-state index contributed by atoms with van der Waals surface area (Å²) in [5, 5.41) is 8.81. The van der Waals surface area contributed by atoms with Gasteiger partial charge in [-0.15, -0.1) is 11.3 Å². The van der Waals surface area contributed by atoms with Gasteiger partial charge < -0.3 is 5.32 Å². The molecule has 5 nitrogen and oxygen atoms in total. The summed E-state index contributed by atoms with van der Waals surface area (Å²) >= 11 is 1.74. The lowest BCUT2D eigenvalue weighted by atomic mass is 10.1. The number of aromatic nitrogens is 4. The fraction of sp³-hybridized carbons (Fsp3) is 0.583. The van der Waals surface area contributed by atoms with Gasteiger partial charge in [0.25, 0.3) is 0 Å². The zero-order chi connectivity index (χ0) is 13.0. The highest BCUT2D eigenvalue weighted by atomic mass is 32.1. The highest BCUT2D eigenvalue weighted by Crippen LogP contribution is 2.23. The van der Waals surface area contributed by atoms with Gasteiger partial charge in [0.2, 0.25) is 0 Å². The van der Waals surface area contributed by atoms with Gasteiger partial charge in [-0.2, -0.15) is 5.10 Å². The molecular formula is C12H19N5S. The molecule has 0 bridgehead atoms. The van der Waals surface area contributed by atoms with Crippen molar-refractivity contribution in [2.24, 2.45) is 0 Å². The molecule has 98 valence electrons. The van der Waals surface area contributed by atoms with Crippen molar-refractivity contribution in [3.63, 3.8) is 0 Å². The first-order valence-corrected chi connectivity index (χ1v) is 7.08. The van der Waals surface area contributed by atoms with Crippen molar-refractivity contribution in [3.8, 4) is 0 Å². The Labute approximate surface area is 111 Å². The summed E-state index contributed by atoms with van der Waals surface area (Å²) in [6.45, 7) is 8.02. The topological polar surface area (TPSA) is 55.6 Å². The van der Waals surface area contributed by atoms with Gasteiger partial charge in [0.1, 0.15) is 12.2 Å². The van der Waals surface area contributed by atoms with E-state index in [1.807, 2.05) is 17.8 Å². The van der Waals surface area contributed by atoms with Crippen molar-refractivity contribution in [2.75, 3.05) is 6.54 Å². The first-order valence-electron chi connectivity index (χ1n) is 6.27. The van der Waals surface area contributed by atoms with Crippen LogP contribution in [0.5, 0.6) is 0 Å². The molecule has 0 spiro atoms. The Balaban J connectivity index is 2.16. The molecule has 1 atom stereocenters. The largest absolute Gasteiger partial charge is 0.309 e. The molecule has 2 aromatic heterocycles. The third-order valence-electron chi connectivity index (χ3n) is 2.82. The maximum Gasteiger partial charge on any atom is 0.138 e. The van der Waals surface area contributed by atoms with E-state index in [1.165, 1.54) is 4.88 Å². The Morgan fingerprint density at radius 2 is 2.22 bits per heavy atom. The van der Waals surface area contributed by atoms with Crippen molar-refractivity contribution in [1.82, 2.24) is 25.1 Å². The van der Waals surface area contributed by atoms with E-state index in [0.717, 1.165) is 30.3 Å². The predicted octanol–water partition coefficient (Wildman–Crippen LogP) is 1.96. The molecule has 0 aliphatic carbocycles. The molecule has 0 fully saturated rings. The molecule has 0 aliphatic rings. The third kappa shape index (κ3) is 2.94. The first-order chi connectivity index (χ1) is 8.74. The van der Waals surface area contributed by atoms with Crippen LogP contribution in [0.2, 0.25) is 0 Å². The number of hydrogen-bond acceptors (Lipinski definition) is 5. The lowest BCUT2D eigenvalue weighted by molar-refractivity contribution is 0.515. The molecule has 2 heterocycles. The van der Waals surface area contributed by atoms with Gasteiger partial charge in [0.05, 0.1) is 11.0 Å². The Kier molecular flexibility index (Phi) is 4.43. The standard InChI is InChI=1S/C12H19N5S/c1-4-13-10(11-7-14-9(3)18-11)6-12-15-8-16-17(12)5-2/h7-8,10,13H,4-6H2,1-3H3. The molecule has 2 aromatic rings. The lowest BCUT2D eigenvalue weighted by Crippen LogP contribution is -2.23. The minimum atomic E-state index is 0.274. The molecule has 0 saturated heterocycles. The van der Waals surface area contributed by atoms with Gasteiger partial charge in [0, 0.05) is 24.0 Å². The molecule has 18 heavy (non-hydrogen) atoms. The van der Waals surface area contributed by atoms with Crippen LogP contribution in [0.15, 0.2) is 12.5 Å². The smallest absolute Gasteiger partial charge is 0.138 e. The van der Waals surface area contributed by atoms with Crippen LogP contribution >= 0.6 is 11.3 Å². The molecule has 0 saturated carbocycles. The fourth-order valence-electron chi connectivity index (χ4n) is 1.95. The van der Waals surface area contributed by atoms with E-state index in [-0.39, 0.29) is 6.04 Å². The average Bonchev–Trinajstić information content (AvgIpc) is 2.97. The van der Waals surface area contributed by atoms with Crippen molar-refractivity contribution >= 4 is 11.3 Å². The molecule has 1 unspecified atom stereocenters. The van der Waals surface area contributed by atoms with Crippen molar-refractivity contribution in [3.05, 3.63) is 28.2 Å². The van der Waals surface area contributed by atoms with Crippen LogP contribution in [-0.2, 0) is 13.0 Å². The zero-order valence-corrected chi connectivity index (χ0v) is 11.9. The molecule has 2 rings (SSSR count). The Morgan fingerprint density at radius 3 is 2.83 bits per heavy atom. The van der Waals surface area contributed by atoms with Crippen molar-refractivity contribution in [2.45, 2.75) is 39.8 Å². The molecule has 6 heteroatoms. The van der Waals surface area contributed by atoms with Crippen LogP contribution in [0.1, 0.15) is 35.6 Å². The van der Waals surface area contributed by atoms with E-state index in [9.17, 15) is 0 Å². The maximum absolute atomic E-state index is 4.34. The van der Waals surface area contributed by atoms with Gasteiger partial charge in [-0.25, -0.2) is 9.97 Å². The number of hydrogen-bond donors (Lipinski definition) is 1. The van der Waals surface area contributed by atoms with Gasteiger partial charge in [-0.3, -0.25) is 4.68 Å². The van der Waals surface area contributed by atoms with Gasteiger partial charge in [-0.1, -0.05) is 6.92 Å². The van der Waals surface area contributed by atoms with Crippen LogP contribution in [0.3, 0.4) is 0 Å². The number of rotatable bonds is 6. The Morgan fingerprint density at radius 1 is 1.39 bits per heavy atom. The summed E-state index contributed by atoms with van der Waals surface area (Å²) < 4.78 is 1.94. The number of nitrogens with zero attached hydrogens (tertiary/aromatic N) is 4. The predicted molar refractivity (Wildman–Crippen MR) is 72.7 cm³/mol. The van der Waals surface area contributed by atoms with Gasteiger partial charge in [0.15, 0.2) is 0 Å². The molecule has 1 N–H and O–H groups in total. The van der Waals surface area contributed by atoms with Crippen LogP contribution in [0.25, 0.3) is 0 Å². The van der Waals surface area contributed by atoms with E-state index < -0.39 is 0 Å². The van der Waals surface area contributed by atoms with Crippen molar-refractivity contribution < 1.29 is 0 Å². The molecule has 0 amide bonds. The van der Waals surface area contributed by atoms with Crippen molar-refractivity contribution in [1.29, 1.82) is 0 Å². The van der Waals surface area contributed by atoms with Gasteiger partial charge >= 0.3 is 0 Å². The SMILES string of the molecule is CCNC(Cc1ncnn1CC)c1cnc(C)s1. The molecule has 0 radical (unpaired) electrons.